The van der Waals surface area contributed by atoms with Gasteiger partial charge in [0.1, 0.15) is 0 Å². The number of sulfonamides is 1. The van der Waals surface area contributed by atoms with E-state index < -0.39 is 21.3 Å². The van der Waals surface area contributed by atoms with Gasteiger partial charge in [0.2, 0.25) is 15.9 Å². The molecule has 11 nitrogen and oxygen atoms in total. The fraction of sp³-hybridized carbons (Fsp3) is 0.304. The number of nitrogens with two attached hydrogens (primary N) is 1. The van der Waals surface area contributed by atoms with Crippen molar-refractivity contribution in [3.8, 4) is 0 Å². The van der Waals surface area contributed by atoms with Crippen LogP contribution in [0.1, 0.15) is 30.1 Å². The number of fused-ring (bicyclic) bond motifs is 1. The van der Waals surface area contributed by atoms with Crippen LogP contribution in [0.25, 0.3) is 10.9 Å². The smallest absolute Gasteiger partial charge is 0.328 e. The Kier molecular flexibility index (Phi) is 6.59. The molecule has 1 aromatic heterocycles. The van der Waals surface area contributed by atoms with Crippen LogP contribution < -0.4 is 21.7 Å². The largest absolute Gasteiger partial charge is 0.339 e. The third-order valence-corrected chi connectivity index (χ3v) is 7.08. The highest BCUT2D eigenvalue weighted by Gasteiger charge is 2.28. The van der Waals surface area contributed by atoms with E-state index in [2.05, 4.69) is 10.3 Å². The van der Waals surface area contributed by atoms with Gasteiger partial charge >= 0.3 is 5.69 Å². The van der Waals surface area contributed by atoms with Crippen molar-refractivity contribution in [3.05, 3.63) is 68.9 Å². The summed E-state index contributed by atoms with van der Waals surface area (Å²) in [5, 5.41) is 8.17. The van der Waals surface area contributed by atoms with Gasteiger partial charge in [0.15, 0.2) is 0 Å². The minimum Gasteiger partial charge on any atom is -0.339 e. The molecule has 0 bridgehead atoms. The van der Waals surface area contributed by atoms with Crippen LogP contribution in [0.2, 0.25) is 0 Å². The molecule has 35 heavy (non-hydrogen) atoms. The Morgan fingerprint density at radius 3 is 2.34 bits per heavy atom. The molecule has 1 aliphatic heterocycles. The number of piperidine rings is 1. The number of hydrogen-bond donors (Lipinski definition) is 3. The molecule has 2 amide bonds. The highest BCUT2D eigenvalue weighted by Crippen LogP contribution is 2.22. The van der Waals surface area contributed by atoms with Gasteiger partial charge in [-0.1, -0.05) is 0 Å². The lowest BCUT2D eigenvalue weighted by Gasteiger charge is -2.31. The zero-order chi connectivity index (χ0) is 25.3. The normalized spacial score (nSPS) is 14.7. The van der Waals surface area contributed by atoms with Crippen LogP contribution in [0.5, 0.6) is 0 Å². The number of carbonyl (C=O) groups excluding carboxylic acids is 2. The Balaban J connectivity index is 1.40. The van der Waals surface area contributed by atoms with Gasteiger partial charge < -0.3 is 15.2 Å². The van der Waals surface area contributed by atoms with Crippen LogP contribution >= 0.6 is 0 Å². The Bertz CT molecular complexity index is 1520. The number of hydrogen-bond acceptors (Lipinski definition) is 6. The number of nitrogens with zero attached hydrogens (tertiary/aromatic N) is 2. The zero-order valence-electron chi connectivity index (χ0n) is 19.0. The first-order valence-corrected chi connectivity index (χ1v) is 12.6. The van der Waals surface area contributed by atoms with Gasteiger partial charge in [0.05, 0.1) is 15.8 Å². The van der Waals surface area contributed by atoms with Gasteiger partial charge in [0, 0.05) is 36.8 Å². The molecule has 0 saturated carbocycles. The van der Waals surface area contributed by atoms with Gasteiger partial charge in [-0.25, -0.2) is 18.4 Å². The topological polar surface area (TPSA) is 164 Å². The van der Waals surface area contributed by atoms with Crippen molar-refractivity contribution in [1.82, 2.24) is 14.5 Å². The second-order valence-corrected chi connectivity index (χ2v) is 9.93. The van der Waals surface area contributed by atoms with Crippen molar-refractivity contribution in [1.29, 1.82) is 0 Å². The minimum absolute atomic E-state index is 0.0453. The lowest BCUT2D eigenvalue weighted by molar-refractivity contribution is -0.121. The maximum Gasteiger partial charge on any atom is 0.328 e. The summed E-state index contributed by atoms with van der Waals surface area (Å²) in [6.45, 7) is 2.68. The fourth-order valence-corrected chi connectivity index (χ4v) is 4.69. The Morgan fingerprint density at radius 1 is 1.09 bits per heavy atom. The van der Waals surface area contributed by atoms with E-state index in [0.29, 0.717) is 48.1 Å². The first-order chi connectivity index (χ1) is 16.6. The Morgan fingerprint density at radius 2 is 1.74 bits per heavy atom. The molecule has 0 atom stereocenters. The summed E-state index contributed by atoms with van der Waals surface area (Å²) in [5.74, 6) is -0.766. The summed E-state index contributed by atoms with van der Waals surface area (Å²) in [6.07, 6.45) is 0.914. The number of benzene rings is 2. The standard InChI is InChI=1S/C23H25N5O6S/c1-2-28-22(31)18-8-3-15(13-19(18)26-23(28)32)21(30)27-11-9-14(10-12-27)20(29)25-16-4-6-17(7-5-16)35(24,33)34/h3-8,13-14H,2,9-12H2,1H3,(H,25,29)(H,26,32)(H2,24,33,34). The SMILES string of the molecule is CCn1c(=O)[nH]c2cc(C(=O)N3CCC(C(=O)Nc4ccc(S(N)(=O)=O)cc4)CC3)ccc2c1=O. The van der Waals surface area contributed by atoms with Crippen molar-refractivity contribution in [3.63, 3.8) is 0 Å². The number of rotatable bonds is 5. The number of H-pyrrole nitrogens is 1. The molecule has 184 valence electrons. The van der Waals surface area contributed by atoms with Gasteiger partial charge in [0.25, 0.3) is 11.5 Å². The average molecular weight is 500 g/mol. The number of aromatic nitrogens is 2. The predicted octanol–water partition coefficient (Wildman–Crippen LogP) is 0.848. The fourth-order valence-electron chi connectivity index (χ4n) is 4.17. The molecule has 4 N–H and O–H groups in total. The molecule has 2 heterocycles. The summed E-state index contributed by atoms with van der Waals surface area (Å²) in [7, 11) is -3.81. The lowest BCUT2D eigenvalue weighted by atomic mass is 9.95. The molecule has 0 aliphatic carbocycles. The molecule has 1 saturated heterocycles. The van der Waals surface area contributed by atoms with Crippen molar-refractivity contribution < 1.29 is 18.0 Å². The molecule has 0 radical (unpaired) electrons. The van der Waals surface area contributed by atoms with Crippen LogP contribution in [0.4, 0.5) is 5.69 Å². The molecular weight excluding hydrogens is 474 g/mol. The van der Waals surface area contributed by atoms with Crippen LogP contribution in [0.15, 0.2) is 56.9 Å². The van der Waals surface area contributed by atoms with E-state index in [-0.39, 0.29) is 29.2 Å². The van der Waals surface area contributed by atoms with Crippen molar-refractivity contribution in [2.45, 2.75) is 31.2 Å². The van der Waals surface area contributed by atoms with Crippen molar-refractivity contribution >= 4 is 38.4 Å². The highest BCUT2D eigenvalue weighted by molar-refractivity contribution is 7.89. The Labute approximate surface area is 200 Å². The van der Waals surface area contributed by atoms with Crippen LogP contribution in [-0.4, -0.2) is 47.8 Å². The summed E-state index contributed by atoms with van der Waals surface area (Å²) >= 11 is 0. The number of aromatic amines is 1. The second-order valence-electron chi connectivity index (χ2n) is 8.37. The van der Waals surface area contributed by atoms with E-state index in [1.54, 1.807) is 17.9 Å². The van der Waals surface area contributed by atoms with E-state index in [1.165, 1.54) is 36.4 Å². The molecule has 3 aromatic rings. The second kappa shape index (κ2) is 9.47. The molecule has 12 heteroatoms. The van der Waals surface area contributed by atoms with E-state index in [9.17, 15) is 27.6 Å². The summed E-state index contributed by atoms with van der Waals surface area (Å²) in [6, 6.07) is 10.2. The maximum atomic E-state index is 13.0. The number of nitrogens with one attached hydrogen (secondary N) is 2. The van der Waals surface area contributed by atoms with Crippen LogP contribution in [0, 0.1) is 5.92 Å². The van der Waals surface area contributed by atoms with E-state index in [0.717, 1.165) is 4.57 Å². The van der Waals surface area contributed by atoms with Crippen LogP contribution in [-0.2, 0) is 21.4 Å². The van der Waals surface area contributed by atoms with Crippen molar-refractivity contribution in [2.24, 2.45) is 11.1 Å². The first-order valence-electron chi connectivity index (χ1n) is 11.1. The van der Waals surface area contributed by atoms with E-state index in [4.69, 9.17) is 5.14 Å². The molecule has 1 aliphatic rings. The molecule has 2 aromatic carbocycles. The third kappa shape index (κ3) is 5.03. The predicted molar refractivity (Wildman–Crippen MR) is 130 cm³/mol. The minimum atomic E-state index is -3.81. The summed E-state index contributed by atoms with van der Waals surface area (Å²) in [4.78, 5) is 54.4. The van der Waals surface area contributed by atoms with E-state index in [1.807, 2.05) is 0 Å². The van der Waals surface area contributed by atoms with Crippen molar-refractivity contribution in [2.75, 3.05) is 18.4 Å². The van der Waals surface area contributed by atoms with Gasteiger partial charge in [-0.15, -0.1) is 0 Å². The van der Waals surface area contributed by atoms with Gasteiger partial charge in [-0.05, 0) is 62.2 Å². The number of amides is 2. The van der Waals surface area contributed by atoms with E-state index >= 15 is 0 Å². The molecule has 1 fully saturated rings. The molecule has 0 unspecified atom stereocenters. The quantitative estimate of drug-likeness (QED) is 0.471. The van der Waals surface area contributed by atoms with Gasteiger partial charge in [-0.3, -0.25) is 19.0 Å². The lowest BCUT2D eigenvalue weighted by Crippen LogP contribution is -2.41. The Hall–Kier alpha value is -3.77. The average Bonchev–Trinajstić information content (AvgIpc) is 2.83. The highest BCUT2D eigenvalue weighted by atomic mass is 32.2. The molecule has 0 spiro atoms. The number of likely N-dealkylation sites (tertiary alicyclic amines) is 1. The van der Waals surface area contributed by atoms with Gasteiger partial charge in [-0.2, -0.15) is 0 Å². The number of anilines is 1. The third-order valence-electron chi connectivity index (χ3n) is 6.15. The number of carbonyl (C=O) groups is 2. The maximum absolute atomic E-state index is 13.0. The first kappa shape index (κ1) is 24.4. The summed E-state index contributed by atoms with van der Waals surface area (Å²) in [5.41, 5.74) is 0.170. The monoisotopic (exact) mass is 499 g/mol. The molecular formula is C23H25N5O6S. The molecule has 4 rings (SSSR count). The zero-order valence-corrected chi connectivity index (χ0v) is 19.8. The number of primary sulfonamides is 1. The summed E-state index contributed by atoms with van der Waals surface area (Å²) < 4.78 is 23.8. The van der Waals surface area contributed by atoms with Crippen LogP contribution in [0.3, 0.4) is 0 Å².